The Hall–Kier alpha value is -4.12. The number of aliphatic hydroxyl groups excluding tert-OH is 1. The highest BCUT2D eigenvalue weighted by Crippen LogP contribution is 2.25. The van der Waals surface area contributed by atoms with Crippen LogP contribution in [0.4, 0.5) is 9.59 Å². The fourth-order valence-corrected chi connectivity index (χ4v) is 5.43. The number of rotatable bonds is 14. The first kappa shape index (κ1) is 35.4. The summed E-state index contributed by atoms with van der Waals surface area (Å²) >= 11 is 0. The van der Waals surface area contributed by atoms with Crippen LogP contribution in [-0.4, -0.2) is 70.8 Å². The third-order valence-electron chi connectivity index (χ3n) is 7.70. The fourth-order valence-electron chi connectivity index (χ4n) is 5.43. The SMILES string of the molecule is CC(C)(C)NC(=O)N(CC1CCCCC1)CC(O)C(Cc1ccccc1)NC(=O)C(CC(N)=O)NC(=O)OCc1ccccc1. The minimum atomic E-state index is -1.33. The molecule has 3 rings (SSSR count). The van der Waals surface area contributed by atoms with Crippen molar-refractivity contribution in [2.45, 2.75) is 96.1 Å². The topological polar surface area (TPSA) is 163 Å². The van der Waals surface area contributed by atoms with Crippen LogP contribution in [-0.2, 0) is 27.4 Å². The summed E-state index contributed by atoms with van der Waals surface area (Å²) in [6.45, 7) is 6.13. The van der Waals surface area contributed by atoms with Gasteiger partial charge in [-0.15, -0.1) is 0 Å². The number of carbonyl (C=O) groups excluding carboxylic acids is 4. The van der Waals surface area contributed by atoms with Crippen molar-refractivity contribution < 1.29 is 29.0 Å². The van der Waals surface area contributed by atoms with Gasteiger partial charge in [-0.1, -0.05) is 79.9 Å². The van der Waals surface area contributed by atoms with E-state index in [9.17, 15) is 24.3 Å². The highest BCUT2D eigenvalue weighted by Gasteiger charge is 2.32. The van der Waals surface area contributed by atoms with Crippen molar-refractivity contribution in [3.8, 4) is 0 Å². The van der Waals surface area contributed by atoms with Gasteiger partial charge in [-0.3, -0.25) is 9.59 Å². The van der Waals surface area contributed by atoms with E-state index >= 15 is 0 Å². The van der Waals surface area contributed by atoms with Gasteiger partial charge in [0.25, 0.3) is 0 Å². The number of alkyl carbamates (subject to hydrolysis) is 1. The second kappa shape index (κ2) is 17.4. The van der Waals surface area contributed by atoms with E-state index in [0.717, 1.165) is 36.8 Å². The zero-order valence-electron chi connectivity index (χ0n) is 26.7. The first-order valence-electron chi connectivity index (χ1n) is 15.7. The third kappa shape index (κ3) is 13.2. The number of primary amides is 1. The van der Waals surface area contributed by atoms with Crippen LogP contribution in [0.25, 0.3) is 0 Å². The van der Waals surface area contributed by atoms with Crippen LogP contribution in [0.15, 0.2) is 60.7 Å². The standard InChI is InChI=1S/C34H49N5O6/c1-34(2,3)38-32(43)39(21-25-15-9-5-10-16-25)22-29(40)27(19-24-13-7-4-8-14-24)36-31(42)28(20-30(35)41)37-33(44)45-23-26-17-11-6-12-18-26/h4,6-8,11-14,17-18,25,27-29,40H,5,9-10,15-16,19-23H2,1-3H3,(H2,35,41)(H,36,42)(H,37,44)(H,38,43). The minimum Gasteiger partial charge on any atom is -0.445 e. The Balaban J connectivity index is 1.77. The van der Waals surface area contributed by atoms with Gasteiger partial charge in [0.15, 0.2) is 0 Å². The number of ether oxygens (including phenoxy) is 1. The molecule has 0 spiro atoms. The highest BCUT2D eigenvalue weighted by atomic mass is 16.5. The van der Waals surface area contributed by atoms with E-state index in [1.165, 1.54) is 6.42 Å². The van der Waals surface area contributed by atoms with E-state index in [-0.39, 0.29) is 25.6 Å². The van der Waals surface area contributed by atoms with E-state index in [0.29, 0.717) is 12.5 Å². The van der Waals surface area contributed by atoms with Gasteiger partial charge in [0.05, 0.1) is 25.1 Å². The molecule has 3 atom stereocenters. The number of amides is 5. The van der Waals surface area contributed by atoms with Crippen LogP contribution >= 0.6 is 0 Å². The van der Waals surface area contributed by atoms with E-state index < -0.39 is 48.1 Å². The lowest BCUT2D eigenvalue weighted by atomic mass is 9.89. The van der Waals surface area contributed by atoms with Crippen molar-refractivity contribution in [3.05, 3.63) is 71.8 Å². The molecule has 1 aliphatic rings. The molecule has 0 radical (unpaired) electrons. The van der Waals surface area contributed by atoms with Crippen LogP contribution in [0.5, 0.6) is 0 Å². The lowest BCUT2D eigenvalue weighted by Gasteiger charge is -2.35. The molecule has 0 heterocycles. The first-order valence-corrected chi connectivity index (χ1v) is 15.7. The van der Waals surface area contributed by atoms with E-state index in [1.807, 2.05) is 57.2 Å². The zero-order valence-corrected chi connectivity index (χ0v) is 26.7. The molecule has 0 bridgehead atoms. The number of hydrogen-bond acceptors (Lipinski definition) is 6. The average Bonchev–Trinajstić information content (AvgIpc) is 2.99. The van der Waals surface area contributed by atoms with Crippen LogP contribution in [0, 0.1) is 5.92 Å². The molecular formula is C34H49N5O6. The number of benzene rings is 2. The molecule has 5 amide bonds. The van der Waals surface area contributed by atoms with Crippen LogP contribution in [0.1, 0.15) is 70.4 Å². The van der Waals surface area contributed by atoms with Gasteiger partial charge in [-0.05, 0) is 57.1 Å². The third-order valence-corrected chi connectivity index (χ3v) is 7.70. The number of nitrogens with two attached hydrogens (primary N) is 1. The molecule has 1 fully saturated rings. The Morgan fingerprint density at radius 3 is 2.11 bits per heavy atom. The molecule has 1 saturated carbocycles. The summed E-state index contributed by atoms with van der Waals surface area (Å²) in [7, 11) is 0. The van der Waals surface area contributed by atoms with Crippen molar-refractivity contribution in [2.24, 2.45) is 11.7 Å². The lowest BCUT2D eigenvalue weighted by molar-refractivity contribution is -0.128. The second-order valence-corrected chi connectivity index (χ2v) is 12.9. The Kier molecular flexibility index (Phi) is 13.7. The molecule has 1 aliphatic carbocycles. The second-order valence-electron chi connectivity index (χ2n) is 12.9. The molecule has 11 nitrogen and oxygen atoms in total. The minimum absolute atomic E-state index is 0.0246. The first-order chi connectivity index (χ1) is 21.4. The van der Waals surface area contributed by atoms with Gasteiger partial charge in [-0.25, -0.2) is 9.59 Å². The van der Waals surface area contributed by atoms with Gasteiger partial charge in [0.1, 0.15) is 12.6 Å². The Morgan fingerprint density at radius 2 is 1.53 bits per heavy atom. The molecule has 3 unspecified atom stereocenters. The molecule has 6 N–H and O–H groups in total. The normalized spacial score (nSPS) is 15.6. The number of nitrogens with zero attached hydrogens (tertiary/aromatic N) is 1. The summed E-state index contributed by atoms with van der Waals surface area (Å²) < 4.78 is 5.25. The van der Waals surface area contributed by atoms with Crippen molar-refractivity contribution in [3.63, 3.8) is 0 Å². The van der Waals surface area contributed by atoms with Gasteiger partial charge in [-0.2, -0.15) is 0 Å². The fraction of sp³-hybridized carbons (Fsp3) is 0.529. The maximum absolute atomic E-state index is 13.5. The number of hydrogen-bond donors (Lipinski definition) is 5. The van der Waals surface area contributed by atoms with Crippen LogP contribution in [0.3, 0.4) is 0 Å². The highest BCUT2D eigenvalue weighted by molar-refractivity contribution is 5.90. The van der Waals surface area contributed by atoms with Crippen molar-refractivity contribution >= 4 is 23.9 Å². The number of aliphatic hydroxyl groups is 1. The van der Waals surface area contributed by atoms with Crippen LogP contribution in [0.2, 0.25) is 0 Å². The monoisotopic (exact) mass is 623 g/mol. The number of carbonyl (C=O) groups is 4. The summed E-state index contributed by atoms with van der Waals surface area (Å²) in [5.74, 6) is -1.18. The van der Waals surface area contributed by atoms with E-state index in [1.54, 1.807) is 29.2 Å². The molecule has 11 heteroatoms. The summed E-state index contributed by atoms with van der Waals surface area (Å²) in [5.41, 5.74) is 6.54. The summed E-state index contributed by atoms with van der Waals surface area (Å²) in [5, 5.41) is 19.8. The number of urea groups is 1. The van der Waals surface area contributed by atoms with E-state index in [4.69, 9.17) is 10.5 Å². The van der Waals surface area contributed by atoms with Gasteiger partial charge >= 0.3 is 12.1 Å². The summed E-state index contributed by atoms with van der Waals surface area (Å²) in [4.78, 5) is 53.0. The largest absolute Gasteiger partial charge is 0.445 e. The molecule has 246 valence electrons. The summed E-state index contributed by atoms with van der Waals surface area (Å²) in [6.07, 6.45) is 3.14. The molecule has 0 saturated heterocycles. The van der Waals surface area contributed by atoms with Gasteiger partial charge in [0, 0.05) is 12.1 Å². The number of nitrogens with one attached hydrogen (secondary N) is 3. The van der Waals surface area contributed by atoms with Gasteiger partial charge in [0.2, 0.25) is 11.8 Å². The van der Waals surface area contributed by atoms with Gasteiger partial charge < -0.3 is 36.4 Å². The quantitative estimate of drug-likeness (QED) is 0.216. The predicted octanol–water partition coefficient (Wildman–Crippen LogP) is 3.64. The summed E-state index contributed by atoms with van der Waals surface area (Å²) in [6, 6.07) is 15.9. The van der Waals surface area contributed by atoms with Crippen LogP contribution < -0.4 is 21.7 Å². The Morgan fingerprint density at radius 1 is 0.933 bits per heavy atom. The Labute approximate surface area is 266 Å². The smallest absolute Gasteiger partial charge is 0.408 e. The molecular weight excluding hydrogens is 574 g/mol. The van der Waals surface area contributed by atoms with E-state index in [2.05, 4.69) is 16.0 Å². The molecule has 0 aromatic heterocycles. The van der Waals surface area contributed by atoms with Crippen molar-refractivity contribution in [2.75, 3.05) is 13.1 Å². The molecule has 2 aromatic carbocycles. The maximum atomic E-state index is 13.5. The Bertz CT molecular complexity index is 1230. The predicted molar refractivity (Wildman–Crippen MR) is 172 cm³/mol. The maximum Gasteiger partial charge on any atom is 0.408 e. The van der Waals surface area contributed by atoms with Crippen molar-refractivity contribution in [1.82, 2.24) is 20.9 Å². The zero-order chi connectivity index (χ0) is 32.8. The molecule has 2 aromatic rings. The average molecular weight is 624 g/mol. The lowest BCUT2D eigenvalue weighted by Crippen LogP contribution is -2.58. The van der Waals surface area contributed by atoms with Crippen molar-refractivity contribution in [1.29, 1.82) is 0 Å². The molecule has 45 heavy (non-hydrogen) atoms. The molecule has 0 aliphatic heterocycles.